The van der Waals surface area contributed by atoms with Crippen LogP contribution in [0.5, 0.6) is 0 Å². The maximum atomic E-state index is 8.99. The minimum atomic E-state index is 0.372. The van der Waals surface area contributed by atoms with Crippen molar-refractivity contribution in [3.63, 3.8) is 0 Å². The van der Waals surface area contributed by atoms with Gasteiger partial charge in [0.05, 0.1) is 34.6 Å². The Morgan fingerprint density at radius 1 is 0.700 bits per heavy atom. The largest absolute Gasteiger partial charge is 0.339 e. The minimum absolute atomic E-state index is 0.372. The van der Waals surface area contributed by atoms with Gasteiger partial charge < -0.3 is 9.97 Å². The Morgan fingerprint density at radius 2 is 1.20 bits per heavy atom. The Balaban J connectivity index is 0.000000161. The van der Waals surface area contributed by atoms with Crippen molar-refractivity contribution in [2.75, 3.05) is 0 Å². The van der Waals surface area contributed by atoms with Crippen LogP contribution in [0.25, 0.3) is 34.7 Å². The molecule has 2 aromatic carbocycles. The lowest BCUT2D eigenvalue weighted by molar-refractivity contribution is 0.719. The van der Waals surface area contributed by atoms with E-state index < -0.39 is 0 Å². The van der Waals surface area contributed by atoms with E-state index in [2.05, 4.69) is 56.8 Å². The van der Waals surface area contributed by atoms with Crippen LogP contribution >= 0.6 is 11.6 Å². The van der Waals surface area contributed by atoms with Gasteiger partial charge >= 0.3 is 0 Å². The molecule has 0 saturated carbocycles. The number of tetrazole rings is 2. The van der Waals surface area contributed by atoms with E-state index in [9.17, 15) is 0 Å². The number of nitrogens with one attached hydrogen (secondary N) is 2. The van der Waals surface area contributed by atoms with Gasteiger partial charge in [0.2, 0.25) is 11.6 Å². The third kappa shape index (κ3) is 5.72. The molecular weight excluding hydrogens is 532 g/mol. The zero-order chi connectivity index (χ0) is 28.2. The topological polar surface area (TPSA) is 192 Å². The summed E-state index contributed by atoms with van der Waals surface area (Å²) in [6, 6.07) is 14.4. The highest BCUT2D eigenvalue weighted by Gasteiger charge is 2.12. The highest BCUT2D eigenvalue weighted by atomic mass is 35.5. The zero-order valence-corrected chi connectivity index (χ0v) is 22.1. The van der Waals surface area contributed by atoms with Gasteiger partial charge in [-0.05, 0) is 73.2 Å². The second-order valence-electron chi connectivity index (χ2n) is 8.61. The molecule has 0 aliphatic carbocycles. The smallest absolute Gasteiger partial charge is 0.240 e. The van der Waals surface area contributed by atoms with E-state index in [0.717, 1.165) is 17.0 Å². The minimum Gasteiger partial charge on any atom is -0.339 e. The molecule has 4 aromatic heterocycles. The van der Waals surface area contributed by atoms with Gasteiger partial charge in [-0.3, -0.25) is 0 Å². The van der Waals surface area contributed by atoms with Crippen molar-refractivity contribution in [2.45, 2.75) is 20.8 Å². The Morgan fingerprint density at radius 3 is 1.68 bits per heavy atom. The summed E-state index contributed by atoms with van der Waals surface area (Å²) in [4.78, 5) is 17.1. The molecule has 40 heavy (non-hydrogen) atoms. The first-order valence-electron chi connectivity index (χ1n) is 11.7. The third-order valence-corrected chi connectivity index (χ3v) is 5.54. The van der Waals surface area contributed by atoms with E-state index in [-0.39, 0.29) is 0 Å². The van der Waals surface area contributed by atoms with E-state index >= 15 is 0 Å². The van der Waals surface area contributed by atoms with Crippen LogP contribution < -0.4 is 0 Å². The van der Waals surface area contributed by atoms with Crippen LogP contribution in [0.1, 0.15) is 28.1 Å². The molecule has 0 radical (unpaired) electrons. The van der Waals surface area contributed by atoms with Crippen molar-refractivity contribution < 1.29 is 0 Å². The van der Waals surface area contributed by atoms with E-state index in [1.807, 2.05) is 32.9 Å². The summed E-state index contributed by atoms with van der Waals surface area (Å²) in [5.41, 5.74) is 5.06. The number of imidazole rings is 2. The Kier molecular flexibility index (Phi) is 7.08. The van der Waals surface area contributed by atoms with Crippen molar-refractivity contribution in [3.05, 3.63) is 81.9 Å². The maximum absolute atomic E-state index is 8.99. The molecule has 0 fully saturated rings. The first-order valence-corrected chi connectivity index (χ1v) is 12.1. The van der Waals surface area contributed by atoms with Gasteiger partial charge in [-0.15, -0.1) is 30.0 Å². The fourth-order valence-electron chi connectivity index (χ4n) is 3.59. The van der Waals surface area contributed by atoms with Gasteiger partial charge in [0.25, 0.3) is 0 Å². The SMILES string of the molecule is Cc1cc(C#N)cc(-n2nnc(-c3ncc(C)[nH]3)n2)c1.Cc1cnc(-c2nnn(-c3cc(Cl)cc(C#N)c3)n2)[nH]1. The average Bonchev–Trinajstić information content (AvgIpc) is 3.75. The van der Waals surface area contributed by atoms with Gasteiger partial charge in [-0.1, -0.05) is 11.6 Å². The second kappa shape index (κ2) is 10.9. The Bertz CT molecular complexity index is 1760. The van der Waals surface area contributed by atoms with E-state index in [4.69, 9.17) is 22.1 Å². The number of hydrogen-bond acceptors (Lipinski definition) is 10. The first-order chi connectivity index (χ1) is 19.3. The lowest BCUT2D eigenvalue weighted by atomic mass is 10.1. The van der Waals surface area contributed by atoms with Crippen molar-refractivity contribution >= 4 is 11.6 Å². The number of H-pyrrole nitrogens is 2. The molecule has 0 aliphatic heterocycles. The molecule has 0 atom stereocenters. The Hall–Kier alpha value is -5.73. The summed E-state index contributed by atoms with van der Waals surface area (Å²) in [6.45, 7) is 5.70. The standard InChI is InChI=1S/C13H11N7.C12H8ClN7/c1-8-3-10(6-14)5-11(4-8)20-18-13(17-19-20)12-15-7-9(2)16-12;1-7-6-15-11(16-7)12-17-19-20(18-12)10-3-8(5-14)2-9(13)4-10/h3-5,7H,1-2H3,(H,15,16);2-4,6H,1H3,(H,15,16). The summed E-state index contributed by atoms with van der Waals surface area (Å²) in [6.07, 6.45) is 3.39. The number of nitriles is 2. The number of aromatic amines is 2. The van der Waals surface area contributed by atoms with E-state index in [1.54, 1.807) is 42.7 Å². The Labute approximate surface area is 231 Å². The molecule has 0 aliphatic rings. The summed E-state index contributed by atoms with van der Waals surface area (Å²) >= 11 is 5.95. The number of aryl methyl sites for hydroxylation is 3. The molecule has 0 unspecified atom stereocenters. The molecule has 0 bridgehead atoms. The van der Waals surface area contributed by atoms with Gasteiger partial charge in [0, 0.05) is 28.8 Å². The molecule has 15 heteroatoms. The summed E-state index contributed by atoms with van der Waals surface area (Å²) in [5.74, 6) is 1.90. The predicted molar refractivity (Wildman–Crippen MR) is 142 cm³/mol. The molecule has 6 aromatic rings. The lowest BCUT2D eigenvalue weighted by Crippen LogP contribution is -2.00. The van der Waals surface area contributed by atoms with Crippen LogP contribution in [-0.2, 0) is 0 Å². The zero-order valence-electron chi connectivity index (χ0n) is 21.4. The van der Waals surface area contributed by atoms with Crippen LogP contribution in [0.3, 0.4) is 0 Å². The first kappa shape index (κ1) is 25.9. The number of rotatable bonds is 4. The highest BCUT2D eigenvalue weighted by molar-refractivity contribution is 6.30. The van der Waals surface area contributed by atoms with Crippen LogP contribution in [0.4, 0.5) is 0 Å². The van der Waals surface area contributed by atoms with Crippen molar-refractivity contribution in [2.24, 2.45) is 0 Å². The van der Waals surface area contributed by atoms with Gasteiger partial charge in [0.1, 0.15) is 0 Å². The fraction of sp³-hybridized carbons (Fsp3) is 0.120. The lowest BCUT2D eigenvalue weighted by Gasteiger charge is -2.00. The van der Waals surface area contributed by atoms with Crippen LogP contribution in [0, 0.1) is 43.4 Å². The van der Waals surface area contributed by atoms with Gasteiger partial charge in [0.15, 0.2) is 11.6 Å². The molecule has 4 heterocycles. The quantitative estimate of drug-likeness (QED) is 0.328. The molecule has 14 nitrogen and oxygen atoms in total. The highest BCUT2D eigenvalue weighted by Crippen LogP contribution is 2.18. The number of halogens is 1. The molecule has 2 N–H and O–H groups in total. The molecule has 0 spiro atoms. The number of benzene rings is 2. The maximum Gasteiger partial charge on any atom is 0.240 e. The fourth-order valence-corrected chi connectivity index (χ4v) is 3.82. The monoisotopic (exact) mass is 550 g/mol. The normalized spacial score (nSPS) is 10.4. The van der Waals surface area contributed by atoms with Crippen LogP contribution in [0.15, 0.2) is 48.8 Å². The van der Waals surface area contributed by atoms with Gasteiger partial charge in [-0.2, -0.15) is 10.5 Å². The molecule has 196 valence electrons. The van der Waals surface area contributed by atoms with Crippen molar-refractivity contribution in [1.82, 2.24) is 60.4 Å². The summed E-state index contributed by atoms with van der Waals surface area (Å²) < 4.78 is 0. The molecule has 6 rings (SSSR count). The molecular formula is C25H19ClN14. The number of nitrogens with zero attached hydrogens (tertiary/aromatic N) is 12. The number of aromatic nitrogens is 12. The summed E-state index contributed by atoms with van der Waals surface area (Å²) in [5, 5.41) is 42.7. The summed E-state index contributed by atoms with van der Waals surface area (Å²) in [7, 11) is 0. The van der Waals surface area contributed by atoms with E-state index in [1.165, 1.54) is 9.59 Å². The predicted octanol–water partition coefficient (Wildman–Crippen LogP) is 3.43. The third-order valence-electron chi connectivity index (χ3n) is 5.32. The average molecular weight is 551 g/mol. The van der Waals surface area contributed by atoms with Crippen LogP contribution in [0.2, 0.25) is 5.02 Å². The van der Waals surface area contributed by atoms with Crippen molar-refractivity contribution in [3.8, 4) is 46.8 Å². The second-order valence-corrected chi connectivity index (χ2v) is 9.05. The van der Waals surface area contributed by atoms with Crippen LogP contribution in [-0.4, -0.2) is 60.4 Å². The van der Waals surface area contributed by atoms with Gasteiger partial charge in [-0.25, -0.2) is 9.97 Å². The number of hydrogen-bond donors (Lipinski definition) is 2. The van der Waals surface area contributed by atoms with E-state index in [0.29, 0.717) is 50.8 Å². The molecule has 0 amide bonds. The van der Waals surface area contributed by atoms with Crippen molar-refractivity contribution in [1.29, 1.82) is 10.5 Å². The molecule has 0 saturated heterocycles.